The summed E-state index contributed by atoms with van der Waals surface area (Å²) in [6, 6.07) is 1.37. The lowest BCUT2D eigenvalue weighted by atomic mass is 9.74. The Kier molecular flexibility index (Phi) is 19.7. The van der Waals surface area contributed by atoms with Gasteiger partial charge in [-0.05, 0) is 104 Å². The van der Waals surface area contributed by atoms with Gasteiger partial charge in [0.2, 0.25) is 0 Å². The number of sulfone groups is 1. The maximum Gasteiger partial charge on any atom is 0.416 e. The van der Waals surface area contributed by atoms with Crippen molar-refractivity contribution in [2.45, 2.75) is 191 Å². The third kappa shape index (κ3) is 14.0. The number of aliphatic hydroxyl groups excluding tert-OH is 2. The topological polar surface area (TPSA) is 272 Å². The first-order valence-electron chi connectivity index (χ1n) is 25.0. The van der Waals surface area contributed by atoms with Crippen LogP contribution in [0.1, 0.15) is 100 Å². The van der Waals surface area contributed by atoms with E-state index in [0.29, 0.717) is 0 Å². The zero-order chi connectivity index (χ0) is 55.0. The van der Waals surface area contributed by atoms with Gasteiger partial charge in [-0.3, -0.25) is 14.4 Å². The molecule has 7 N–H and O–H groups in total. The van der Waals surface area contributed by atoms with Gasteiger partial charge in [0.25, 0.3) is 0 Å². The number of benzene rings is 1. The van der Waals surface area contributed by atoms with Gasteiger partial charge in [-0.15, -0.1) is 0 Å². The van der Waals surface area contributed by atoms with E-state index in [-0.39, 0.29) is 75.0 Å². The van der Waals surface area contributed by atoms with Gasteiger partial charge in [-0.1, -0.05) is 20.8 Å². The Morgan fingerprint density at radius 1 is 0.959 bits per heavy atom. The van der Waals surface area contributed by atoms with Crippen LogP contribution in [-0.2, 0) is 59.4 Å². The molecule has 0 amide bonds. The van der Waals surface area contributed by atoms with E-state index in [0.717, 1.165) is 28.6 Å². The Morgan fingerprint density at radius 2 is 1.56 bits per heavy atom. The van der Waals surface area contributed by atoms with Gasteiger partial charge in [-0.25, -0.2) is 8.42 Å². The monoisotopic (exact) mass is 1090 g/mol. The molecule has 1 aromatic rings. The summed E-state index contributed by atoms with van der Waals surface area (Å²) in [6.07, 6.45) is -16.6. The number of esters is 1. The third-order valence-corrected chi connectivity index (χ3v) is 18.9. The molecule has 4 saturated heterocycles. The van der Waals surface area contributed by atoms with Crippen LogP contribution in [0.5, 0.6) is 0 Å². The number of nitrogens with one attached hydrogen (secondary N) is 2. The van der Waals surface area contributed by atoms with Crippen LogP contribution in [0.4, 0.5) is 18.9 Å². The molecule has 5 rings (SSSR count). The number of aliphatic hydroxyl groups is 5. The van der Waals surface area contributed by atoms with Crippen molar-refractivity contribution in [2.24, 2.45) is 17.8 Å². The van der Waals surface area contributed by atoms with Crippen molar-refractivity contribution < 1.29 is 88.8 Å². The number of methoxy groups -OCH3 is 1. The normalized spacial score (nSPS) is 42.1. The van der Waals surface area contributed by atoms with E-state index in [2.05, 4.69) is 10.0 Å². The molecule has 0 unspecified atom stereocenters. The summed E-state index contributed by atoms with van der Waals surface area (Å²) in [5, 5.41) is 63.8. The average molecular weight is 1090 g/mol. The molecule has 0 bridgehead atoms. The molecule has 0 aliphatic carbocycles. The zero-order valence-electron chi connectivity index (χ0n) is 44.0. The van der Waals surface area contributed by atoms with Crippen molar-refractivity contribution in [3.05, 3.63) is 29.8 Å². The Bertz CT molecular complexity index is 2220. The number of halogens is 3. The summed E-state index contributed by atoms with van der Waals surface area (Å²) in [7, 11) is -5.20. The lowest BCUT2D eigenvalue weighted by molar-refractivity contribution is -0.339. The van der Waals surface area contributed by atoms with E-state index in [1.165, 1.54) is 34.9 Å². The molecule has 0 spiro atoms. The number of hydrogen-bond acceptors (Lipinski definition) is 18. The molecule has 4 aliphatic rings. The van der Waals surface area contributed by atoms with Gasteiger partial charge in [0.1, 0.15) is 35.1 Å². The highest BCUT2D eigenvalue weighted by Gasteiger charge is 2.59. The molecule has 4 aliphatic heterocycles. The molecule has 18 atom stereocenters. The zero-order valence-corrected chi connectivity index (χ0v) is 45.7. The molecule has 0 saturated carbocycles. The van der Waals surface area contributed by atoms with E-state index in [1.54, 1.807) is 41.5 Å². The number of carbonyl (C=O) groups excluding carboxylic acids is 1. The second-order valence-electron chi connectivity index (χ2n) is 21.7. The van der Waals surface area contributed by atoms with Gasteiger partial charge in [0.15, 0.2) is 22.4 Å². The number of anilines is 1. The van der Waals surface area contributed by atoms with Crippen molar-refractivity contribution in [2.75, 3.05) is 56.6 Å². The Hall–Kier alpha value is -2.34. The summed E-state index contributed by atoms with van der Waals surface area (Å²) < 4.78 is 133. The predicted octanol–water partition coefficient (Wildman–Crippen LogP) is 2.41. The third-order valence-electron chi connectivity index (χ3n) is 15.7. The minimum atomic E-state index is -4.66. The van der Waals surface area contributed by atoms with Crippen molar-refractivity contribution in [1.82, 2.24) is 14.5 Å². The van der Waals surface area contributed by atoms with Gasteiger partial charge >= 0.3 is 22.4 Å². The highest BCUT2D eigenvalue weighted by Crippen LogP contribution is 2.44. The molecule has 25 heteroatoms. The Balaban J connectivity index is 1.54. The van der Waals surface area contributed by atoms with E-state index in [9.17, 15) is 60.3 Å². The summed E-state index contributed by atoms with van der Waals surface area (Å²) in [5.74, 6) is -3.77. The first-order chi connectivity index (χ1) is 33.5. The van der Waals surface area contributed by atoms with Crippen LogP contribution in [0.25, 0.3) is 0 Å². The molecule has 4 heterocycles. The summed E-state index contributed by atoms with van der Waals surface area (Å²) in [6.45, 7) is 16.6. The van der Waals surface area contributed by atoms with Crippen molar-refractivity contribution in [3.8, 4) is 0 Å². The molecular formula is C48H81F3N4O16S2. The fraction of sp³-hybridized carbons (Fsp3) is 0.854. The summed E-state index contributed by atoms with van der Waals surface area (Å²) in [4.78, 5) is 16.4. The molecular weight excluding hydrogens is 1010 g/mol. The molecule has 1 aromatic carbocycles. The number of alkyl halides is 3. The first kappa shape index (κ1) is 61.5. The number of β-amino-alcohol motifs (C(OH)–C–C–N with tert-alkyl or cyclic N) is 1. The number of nitrogens with zero attached hydrogens (tertiary/aromatic N) is 2. The lowest BCUT2D eigenvalue weighted by Gasteiger charge is -2.55. The SMILES string of the molecule is CC[C@H]1OC(=O)[C@H](C)[C@@H](O[C@H]2C[C@@](C)(OC)[C@](O)(CN3CCS(=O)(=O)CC3)[C@H](C)O2)[C@H](C)[C@@H](O[C@@H]2O[C@H](C)C[C@H](N(C)S(=O)(=O)Nc3ccc(C(F)(F)F)cc3)[C@H]2O)[C@](C)(O)C[C@@H](C)CN[C@H](C)[C@@H](O)[C@]1(C)O. The number of hydrogen-bond donors (Lipinski definition) is 7. The van der Waals surface area contributed by atoms with Gasteiger partial charge in [0, 0.05) is 57.9 Å². The average Bonchev–Trinajstić information content (AvgIpc) is 3.29. The van der Waals surface area contributed by atoms with Crippen LogP contribution >= 0.6 is 0 Å². The summed E-state index contributed by atoms with van der Waals surface area (Å²) >= 11 is 0. The largest absolute Gasteiger partial charge is 0.459 e. The van der Waals surface area contributed by atoms with Crippen LogP contribution < -0.4 is 10.0 Å². The molecule has 20 nitrogen and oxygen atoms in total. The minimum absolute atomic E-state index is 0.0112. The Labute approximate surface area is 428 Å². The van der Waals surface area contributed by atoms with Crippen LogP contribution in [0.2, 0.25) is 0 Å². The smallest absolute Gasteiger partial charge is 0.416 e. The number of likely N-dealkylation sites (N-methyl/N-ethyl adjacent to an activating group) is 1. The quantitative estimate of drug-likeness (QED) is 0.148. The second-order valence-corrected chi connectivity index (χ2v) is 25.7. The maximum atomic E-state index is 14.6. The van der Waals surface area contributed by atoms with Crippen molar-refractivity contribution >= 4 is 31.7 Å². The fourth-order valence-corrected chi connectivity index (χ4v) is 13.4. The number of rotatable bonds is 12. The van der Waals surface area contributed by atoms with Gasteiger partial charge in [0.05, 0.1) is 59.0 Å². The Morgan fingerprint density at radius 3 is 2.12 bits per heavy atom. The molecule has 0 aromatic heterocycles. The highest BCUT2D eigenvalue weighted by molar-refractivity contribution is 7.91. The molecule has 422 valence electrons. The maximum absolute atomic E-state index is 14.6. The highest BCUT2D eigenvalue weighted by atomic mass is 32.2. The lowest BCUT2D eigenvalue weighted by Crippen LogP contribution is -2.70. The number of carbonyl (C=O) groups is 1. The van der Waals surface area contributed by atoms with Crippen molar-refractivity contribution in [3.63, 3.8) is 0 Å². The number of cyclic esters (lactones) is 1. The van der Waals surface area contributed by atoms with Gasteiger partial charge < -0.3 is 59.3 Å². The van der Waals surface area contributed by atoms with Crippen molar-refractivity contribution in [1.29, 1.82) is 0 Å². The van der Waals surface area contributed by atoms with E-state index in [4.69, 9.17) is 28.4 Å². The predicted molar refractivity (Wildman–Crippen MR) is 262 cm³/mol. The minimum Gasteiger partial charge on any atom is -0.459 e. The van der Waals surface area contributed by atoms with Crippen LogP contribution in [0.3, 0.4) is 0 Å². The van der Waals surface area contributed by atoms with E-state index < -0.39 is 139 Å². The van der Waals surface area contributed by atoms with Crippen LogP contribution in [0.15, 0.2) is 24.3 Å². The summed E-state index contributed by atoms with van der Waals surface area (Å²) in [5.41, 5.74) is -8.11. The van der Waals surface area contributed by atoms with E-state index in [1.807, 2.05) is 11.8 Å². The second kappa shape index (κ2) is 23.3. The van der Waals surface area contributed by atoms with Crippen LogP contribution in [-0.4, -0.2) is 199 Å². The number of ether oxygens (including phenoxy) is 6. The molecule has 4 fully saturated rings. The standard InChI is InChI=1S/C48H81F3N4O16S2/c1-13-36-46(10,60)40(57)31(6)52-25-27(2)23-44(8,59)41(71-43-38(56)35(22-28(3)67-43)54(11)73(64,65)53-34-16-14-33(15-17-34)48(49,50)51)29(4)39(30(5)42(58)69-36)70-37-24-45(9,66-12)47(61,32(7)68-37)26-55-18-20-72(62,63)21-19-55/h14-17,27-32,35-41,43,52-53,56-57,59-61H,13,18-26H2,1-12H3/t27-,28-,29+,30-,31-,32+,35+,36-,37+,38-,39+,40-,41-,43+,44-,45-,46-,47+/m1/s1. The van der Waals surface area contributed by atoms with E-state index >= 15 is 0 Å². The molecule has 73 heavy (non-hydrogen) atoms. The molecule has 0 radical (unpaired) electrons. The van der Waals surface area contributed by atoms with Gasteiger partial charge in [-0.2, -0.15) is 25.9 Å². The first-order valence-corrected chi connectivity index (χ1v) is 28.3. The van der Waals surface area contributed by atoms with Crippen LogP contribution in [0, 0.1) is 17.8 Å². The fourth-order valence-electron chi connectivity index (χ4n) is 10.9.